The van der Waals surface area contributed by atoms with Gasteiger partial charge in [0.1, 0.15) is 4.90 Å². The average Bonchev–Trinajstić information content (AvgIpc) is 2.37. The van der Waals surface area contributed by atoms with Crippen molar-refractivity contribution in [3.05, 3.63) is 18.5 Å². The Morgan fingerprint density at radius 2 is 2.00 bits per heavy atom. The van der Waals surface area contributed by atoms with Crippen molar-refractivity contribution >= 4 is 15.7 Å². The minimum atomic E-state index is -3.54. The summed E-state index contributed by atoms with van der Waals surface area (Å²) in [5, 5.41) is 2.89. The maximum absolute atomic E-state index is 12.6. The lowest BCUT2D eigenvalue weighted by molar-refractivity contribution is -0.0440. The van der Waals surface area contributed by atoms with Crippen molar-refractivity contribution in [3.8, 4) is 0 Å². The number of anilines is 1. The van der Waals surface area contributed by atoms with Gasteiger partial charge in [-0.2, -0.15) is 4.31 Å². The van der Waals surface area contributed by atoms with Gasteiger partial charge in [-0.3, -0.25) is 4.98 Å². The van der Waals surface area contributed by atoms with Gasteiger partial charge in [0.2, 0.25) is 10.0 Å². The van der Waals surface area contributed by atoms with Crippen LogP contribution in [-0.4, -0.2) is 50.1 Å². The van der Waals surface area contributed by atoms with Gasteiger partial charge < -0.3 is 10.1 Å². The molecule has 6 nitrogen and oxygen atoms in total. The molecule has 1 N–H and O–H groups in total. The van der Waals surface area contributed by atoms with Crippen molar-refractivity contribution < 1.29 is 13.2 Å². The second-order valence-corrected chi connectivity index (χ2v) is 6.61. The number of hydrogen-bond donors (Lipinski definition) is 1. The lowest BCUT2D eigenvalue weighted by Gasteiger charge is -2.34. The SMILES string of the molecule is CNc1ccncc1S(=O)(=O)N1CC(C)OC(C)C1. The Morgan fingerprint density at radius 1 is 1.37 bits per heavy atom. The molecule has 0 amide bonds. The highest BCUT2D eigenvalue weighted by molar-refractivity contribution is 7.89. The molecule has 19 heavy (non-hydrogen) atoms. The van der Waals surface area contributed by atoms with E-state index in [4.69, 9.17) is 4.74 Å². The number of hydrogen-bond acceptors (Lipinski definition) is 5. The highest BCUT2D eigenvalue weighted by atomic mass is 32.2. The Kier molecular flexibility index (Phi) is 4.07. The van der Waals surface area contributed by atoms with Crippen LogP contribution in [0.15, 0.2) is 23.4 Å². The Bertz CT molecular complexity index is 537. The zero-order chi connectivity index (χ0) is 14.0. The van der Waals surface area contributed by atoms with Crippen LogP contribution in [0.3, 0.4) is 0 Å². The summed E-state index contributed by atoms with van der Waals surface area (Å²) in [5.41, 5.74) is 0.557. The third-order valence-corrected chi connectivity index (χ3v) is 4.92. The Labute approximate surface area is 113 Å². The van der Waals surface area contributed by atoms with Gasteiger partial charge in [0, 0.05) is 32.5 Å². The van der Waals surface area contributed by atoms with Crippen molar-refractivity contribution in [2.75, 3.05) is 25.5 Å². The molecular formula is C12H19N3O3S. The molecule has 2 heterocycles. The number of nitrogens with one attached hydrogen (secondary N) is 1. The first-order chi connectivity index (χ1) is 8.95. The number of aromatic nitrogens is 1. The number of morpholine rings is 1. The maximum atomic E-state index is 12.6. The van der Waals surface area contributed by atoms with Crippen molar-refractivity contribution in [1.29, 1.82) is 0 Å². The number of pyridine rings is 1. The summed E-state index contributed by atoms with van der Waals surface area (Å²) in [6.07, 6.45) is 2.74. The van der Waals surface area contributed by atoms with Crippen LogP contribution in [-0.2, 0) is 14.8 Å². The summed E-state index contributed by atoms with van der Waals surface area (Å²) in [5.74, 6) is 0. The monoisotopic (exact) mass is 285 g/mol. The normalized spacial score (nSPS) is 25.2. The van der Waals surface area contributed by atoms with E-state index in [1.165, 1.54) is 10.5 Å². The lowest BCUT2D eigenvalue weighted by atomic mass is 10.3. The molecule has 0 radical (unpaired) electrons. The lowest BCUT2D eigenvalue weighted by Crippen LogP contribution is -2.48. The zero-order valence-corrected chi connectivity index (χ0v) is 12.1. The van der Waals surface area contributed by atoms with Gasteiger partial charge in [-0.15, -0.1) is 0 Å². The van der Waals surface area contributed by atoms with E-state index in [-0.39, 0.29) is 17.1 Å². The predicted octanol–water partition coefficient (Wildman–Crippen LogP) is 0.921. The first-order valence-electron chi connectivity index (χ1n) is 6.22. The fraction of sp³-hybridized carbons (Fsp3) is 0.583. The van der Waals surface area contributed by atoms with Crippen LogP contribution in [0.1, 0.15) is 13.8 Å². The minimum absolute atomic E-state index is 0.103. The van der Waals surface area contributed by atoms with Crippen LogP contribution in [0.4, 0.5) is 5.69 Å². The molecule has 0 aromatic carbocycles. The van der Waals surface area contributed by atoms with E-state index >= 15 is 0 Å². The van der Waals surface area contributed by atoms with Crippen LogP contribution < -0.4 is 5.32 Å². The summed E-state index contributed by atoms with van der Waals surface area (Å²) in [6, 6.07) is 1.65. The number of sulfonamides is 1. The van der Waals surface area contributed by atoms with Crippen LogP contribution >= 0.6 is 0 Å². The first-order valence-corrected chi connectivity index (χ1v) is 7.66. The van der Waals surface area contributed by atoms with E-state index in [2.05, 4.69) is 10.3 Å². The molecule has 0 spiro atoms. The van der Waals surface area contributed by atoms with Crippen molar-refractivity contribution in [2.24, 2.45) is 0 Å². The molecule has 1 aromatic heterocycles. The van der Waals surface area contributed by atoms with E-state index in [0.717, 1.165) is 0 Å². The molecule has 2 atom stereocenters. The standard InChI is InChI=1S/C12H19N3O3S/c1-9-7-15(8-10(2)18-9)19(16,17)12-6-14-5-4-11(12)13-3/h4-6,9-10H,7-8H2,1-3H3,(H,13,14). The third-order valence-electron chi connectivity index (χ3n) is 3.06. The van der Waals surface area contributed by atoms with Gasteiger partial charge >= 0.3 is 0 Å². The molecule has 2 unspecified atom stereocenters. The van der Waals surface area contributed by atoms with E-state index in [1.54, 1.807) is 19.3 Å². The molecular weight excluding hydrogens is 266 g/mol. The fourth-order valence-corrected chi connectivity index (χ4v) is 3.99. The van der Waals surface area contributed by atoms with Gasteiger partial charge in [0.25, 0.3) is 0 Å². The minimum Gasteiger partial charge on any atom is -0.387 e. The Morgan fingerprint density at radius 3 is 2.58 bits per heavy atom. The first kappa shape index (κ1) is 14.2. The van der Waals surface area contributed by atoms with Gasteiger partial charge in [-0.25, -0.2) is 8.42 Å². The van der Waals surface area contributed by atoms with Crippen molar-refractivity contribution in [1.82, 2.24) is 9.29 Å². The second-order valence-electron chi connectivity index (χ2n) is 4.70. The van der Waals surface area contributed by atoms with E-state index in [9.17, 15) is 8.42 Å². The quantitative estimate of drug-likeness (QED) is 0.894. The van der Waals surface area contributed by atoms with Gasteiger partial charge in [-0.05, 0) is 19.9 Å². The summed E-state index contributed by atoms with van der Waals surface area (Å²) < 4.78 is 32.3. The molecule has 1 fully saturated rings. The van der Waals surface area contributed by atoms with Gasteiger partial charge in [0.05, 0.1) is 17.9 Å². The molecule has 0 saturated carbocycles. The second kappa shape index (κ2) is 5.44. The van der Waals surface area contributed by atoms with Crippen LogP contribution in [0.2, 0.25) is 0 Å². The van der Waals surface area contributed by atoms with Crippen LogP contribution in [0.25, 0.3) is 0 Å². The summed E-state index contributed by atoms with van der Waals surface area (Å²) in [4.78, 5) is 4.12. The molecule has 0 bridgehead atoms. The molecule has 1 aromatic rings. The molecule has 0 aliphatic carbocycles. The Balaban J connectivity index is 2.36. The van der Waals surface area contributed by atoms with Crippen LogP contribution in [0.5, 0.6) is 0 Å². The van der Waals surface area contributed by atoms with Crippen LogP contribution in [0, 0.1) is 0 Å². The van der Waals surface area contributed by atoms with E-state index in [0.29, 0.717) is 18.8 Å². The van der Waals surface area contributed by atoms with Crippen molar-refractivity contribution in [3.63, 3.8) is 0 Å². The average molecular weight is 285 g/mol. The highest BCUT2D eigenvalue weighted by Crippen LogP contribution is 2.25. The molecule has 1 aliphatic rings. The maximum Gasteiger partial charge on any atom is 0.246 e. The Hall–Kier alpha value is -1.18. The van der Waals surface area contributed by atoms with E-state index < -0.39 is 10.0 Å². The molecule has 2 rings (SSSR count). The topological polar surface area (TPSA) is 71.5 Å². The smallest absolute Gasteiger partial charge is 0.246 e. The highest BCUT2D eigenvalue weighted by Gasteiger charge is 2.33. The van der Waals surface area contributed by atoms with Gasteiger partial charge in [0.15, 0.2) is 0 Å². The third kappa shape index (κ3) is 2.88. The molecule has 1 aliphatic heterocycles. The van der Waals surface area contributed by atoms with Gasteiger partial charge in [-0.1, -0.05) is 0 Å². The number of nitrogens with zero attached hydrogens (tertiary/aromatic N) is 2. The zero-order valence-electron chi connectivity index (χ0n) is 11.3. The summed E-state index contributed by atoms with van der Waals surface area (Å²) in [6.45, 7) is 4.48. The molecule has 106 valence electrons. The number of rotatable bonds is 3. The van der Waals surface area contributed by atoms with Crippen molar-refractivity contribution in [2.45, 2.75) is 31.0 Å². The summed E-state index contributed by atoms with van der Waals surface area (Å²) >= 11 is 0. The predicted molar refractivity (Wildman–Crippen MR) is 72.6 cm³/mol. The molecule has 7 heteroatoms. The molecule has 1 saturated heterocycles. The largest absolute Gasteiger partial charge is 0.387 e. The number of ether oxygens (including phenoxy) is 1. The van der Waals surface area contributed by atoms with E-state index in [1.807, 2.05) is 13.8 Å². The summed E-state index contributed by atoms with van der Waals surface area (Å²) in [7, 11) is -1.85. The fourth-order valence-electron chi connectivity index (χ4n) is 2.26.